The SMILES string of the molecule is CCC(C)(C)N(C)c1ccc(CCl)cc1C#N. The summed E-state index contributed by atoms with van der Waals surface area (Å²) in [5.74, 6) is 0.440. The van der Waals surface area contributed by atoms with Crippen LogP contribution in [0.15, 0.2) is 18.2 Å². The Labute approximate surface area is 109 Å². The Morgan fingerprint density at radius 2 is 2.06 bits per heavy atom. The van der Waals surface area contributed by atoms with E-state index in [0.717, 1.165) is 17.7 Å². The molecule has 0 radical (unpaired) electrons. The van der Waals surface area contributed by atoms with E-state index < -0.39 is 0 Å². The summed E-state index contributed by atoms with van der Waals surface area (Å²) in [6.07, 6.45) is 1.02. The highest BCUT2D eigenvalue weighted by molar-refractivity contribution is 6.17. The van der Waals surface area contributed by atoms with Crippen molar-refractivity contribution in [2.24, 2.45) is 0 Å². The van der Waals surface area contributed by atoms with Crippen molar-refractivity contribution >= 4 is 17.3 Å². The molecule has 0 aromatic heterocycles. The Kier molecular flexibility index (Phi) is 4.42. The molecule has 0 saturated heterocycles. The number of rotatable bonds is 4. The quantitative estimate of drug-likeness (QED) is 0.758. The molecule has 0 N–H and O–H groups in total. The molecule has 2 nitrogen and oxygen atoms in total. The van der Waals surface area contributed by atoms with Gasteiger partial charge in [-0.15, -0.1) is 11.6 Å². The molecule has 0 heterocycles. The fourth-order valence-corrected chi connectivity index (χ4v) is 1.78. The number of halogens is 1. The molecule has 3 heteroatoms. The van der Waals surface area contributed by atoms with E-state index >= 15 is 0 Å². The van der Waals surface area contributed by atoms with Crippen LogP contribution in [-0.4, -0.2) is 12.6 Å². The van der Waals surface area contributed by atoms with E-state index in [1.807, 2.05) is 25.2 Å². The summed E-state index contributed by atoms with van der Waals surface area (Å²) < 4.78 is 0. The summed E-state index contributed by atoms with van der Waals surface area (Å²) in [5, 5.41) is 9.21. The van der Waals surface area contributed by atoms with Gasteiger partial charge in [0.05, 0.1) is 11.3 Å². The zero-order valence-electron chi connectivity index (χ0n) is 10.9. The third-order valence-electron chi connectivity index (χ3n) is 3.47. The second-order valence-corrected chi connectivity index (χ2v) is 5.09. The molecule has 0 aliphatic heterocycles. The first-order valence-corrected chi connectivity index (χ1v) is 6.32. The highest BCUT2D eigenvalue weighted by atomic mass is 35.5. The minimum atomic E-state index is 0.0358. The minimum absolute atomic E-state index is 0.0358. The fraction of sp³-hybridized carbons (Fsp3) is 0.500. The number of anilines is 1. The Bertz CT molecular complexity index is 432. The Hall–Kier alpha value is -1.20. The Balaban J connectivity index is 3.19. The largest absolute Gasteiger partial charge is 0.368 e. The minimum Gasteiger partial charge on any atom is -0.368 e. The van der Waals surface area contributed by atoms with Crippen LogP contribution < -0.4 is 4.90 Å². The molecule has 0 aliphatic rings. The lowest BCUT2D eigenvalue weighted by Gasteiger charge is -2.37. The number of benzene rings is 1. The molecule has 0 saturated carbocycles. The molecule has 1 aromatic rings. The number of alkyl halides is 1. The smallest absolute Gasteiger partial charge is 0.101 e. The van der Waals surface area contributed by atoms with Gasteiger partial charge in [-0.3, -0.25) is 0 Å². The molecule has 1 aromatic carbocycles. The predicted octanol–water partition coefficient (Wildman–Crippen LogP) is 3.92. The third kappa shape index (κ3) is 2.92. The van der Waals surface area contributed by atoms with Crippen LogP contribution in [0.2, 0.25) is 0 Å². The van der Waals surface area contributed by atoms with E-state index in [1.54, 1.807) is 0 Å². The molecule has 0 spiro atoms. The van der Waals surface area contributed by atoms with Crippen molar-refractivity contribution in [3.8, 4) is 6.07 Å². The molecule has 0 aliphatic carbocycles. The Morgan fingerprint density at radius 1 is 1.41 bits per heavy atom. The monoisotopic (exact) mass is 250 g/mol. The van der Waals surface area contributed by atoms with E-state index in [9.17, 15) is 5.26 Å². The van der Waals surface area contributed by atoms with Gasteiger partial charge in [0.1, 0.15) is 6.07 Å². The summed E-state index contributed by atoms with van der Waals surface area (Å²) in [4.78, 5) is 2.16. The summed E-state index contributed by atoms with van der Waals surface area (Å²) in [7, 11) is 2.03. The molecule has 0 atom stereocenters. The van der Waals surface area contributed by atoms with Crippen LogP contribution in [0.4, 0.5) is 5.69 Å². The molecule has 0 amide bonds. The van der Waals surface area contributed by atoms with Crippen LogP contribution in [0.3, 0.4) is 0 Å². The summed E-state index contributed by atoms with van der Waals surface area (Å²) in [5.41, 5.74) is 2.67. The molecular weight excluding hydrogens is 232 g/mol. The molecule has 0 fully saturated rings. The second-order valence-electron chi connectivity index (χ2n) is 4.82. The maximum absolute atomic E-state index is 9.21. The number of hydrogen-bond acceptors (Lipinski definition) is 2. The van der Waals surface area contributed by atoms with Crippen LogP contribution in [0.1, 0.15) is 38.3 Å². The normalized spacial score (nSPS) is 11.1. The van der Waals surface area contributed by atoms with E-state index in [1.165, 1.54) is 0 Å². The van der Waals surface area contributed by atoms with Gasteiger partial charge in [0.25, 0.3) is 0 Å². The van der Waals surface area contributed by atoms with Crippen LogP contribution in [0.5, 0.6) is 0 Å². The van der Waals surface area contributed by atoms with Gasteiger partial charge < -0.3 is 4.90 Å². The zero-order chi connectivity index (χ0) is 13.1. The van der Waals surface area contributed by atoms with Crippen molar-refractivity contribution < 1.29 is 0 Å². The van der Waals surface area contributed by atoms with Crippen molar-refractivity contribution in [2.75, 3.05) is 11.9 Å². The molecule has 92 valence electrons. The summed E-state index contributed by atoms with van der Waals surface area (Å²) >= 11 is 5.78. The first-order valence-electron chi connectivity index (χ1n) is 5.79. The number of nitrogens with zero attached hydrogens (tertiary/aromatic N) is 2. The maximum atomic E-state index is 9.21. The highest BCUT2D eigenvalue weighted by Gasteiger charge is 2.23. The van der Waals surface area contributed by atoms with Crippen molar-refractivity contribution in [1.29, 1.82) is 5.26 Å². The number of hydrogen-bond donors (Lipinski definition) is 0. The van der Waals surface area contributed by atoms with Gasteiger partial charge in [0, 0.05) is 18.5 Å². The average Bonchev–Trinajstić information content (AvgIpc) is 2.36. The lowest BCUT2D eigenvalue weighted by molar-refractivity contribution is 0.470. The average molecular weight is 251 g/mol. The predicted molar refractivity (Wildman–Crippen MR) is 73.5 cm³/mol. The highest BCUT2D eigenvalue weighted by Crippen LogP contribution is 2.28. The van der Waals surface area contributed by atoms with Crippen molar-refractivity contribution in [1.82, 2.24) is 0 Å². The molecule has 0 bridgehead atoms. The van der Waals surface area contributed by atoms with Gasteiger partial charge in [0.15, 0.2) is 0 Å². The lowest BCUT2D eigenvalue weighted by Crippen LogP contribution is -2.40. The summed E-state index contributed by atoms with van der Waals surface area (Å²) in [6.45, 7) is 6.49. The lowest BCUT2D eigenvalue weighted by atomic mass is 9.97. The van der Waals surface area contributed by atoms with Crippen LogP contribution in [0.25, 0.3) is 0 Å². The fourth-order valence-electron chi connectivity index (χ4n) is 1.61. The maximum Gasteiger partial charge on any atom is 0.101 e. The zero-order valence-corrected chi connectivity index (χ0v) is 11.7. The number of nitriles is 1. The van der Waals surface area contributed by atoms with Crippen molar-refractivity contribution in [2.45, 2.75) is 38.6 Å². The molecule has 17 heavy (non-hydrogen) atoms. The first-order chi connectivity index (χ1) is 7.96. The second kappa shape index (κ2) is 5.42. The van der Waals surface area contributed by atoms with Crippen LogP contribution in [0, 0.1) is 11.3 Å². The molecular formula is C14H19ClN2. The van der Waals surface area contributed by atoms with Gasteiger partial charge in [-0.2, -0.15) is 5.26 Å². The van der Waals surface area contributed by atoms with Gasteiger partial charge in [-0.1, -0.05) is 13.0 Å². The van der Waals surface area contributed by atoms with Crippen LogP contribution in [-0.2, 0) is 5.88 Å². The molecule has 0 unspecified atom stereocenters. The van der Waals surface area contributed by atoms with Gasteiger partial charge in [0.2, 0.25) is 0 Å². The standard InChI is InChI=1S/C14H19ClN2/c1-5-14(2,3)17(4)13-7-6-11(9-15)8-12(13)10-16/h6-8H,5,9H2,1-4H3. The molecule has 1 rings (SSSR count). The van der Waals surface area contributed by atoms with Gasteiger partial charge >= 0.3 is 0 Å². The van der Waals surface area contributed by atoms with Gasteiger partial charge in [-0.25, -0.2) is 0 Å². The topological polar surface area (TPSA) is 27.0 Å². The Morgan fingerprint density at radius 3 is 2.53 bits per heavy atom. The van der Waals surface area contributed by atoms with E-state index in [2.05, 4.69) is 31.7 Å². The van der Waals surface area contributed by atoms with Crippen molar-refractivity contribution in [3.05, 3.63) is 29.3 Å². The first kappa shape index (κ1) is 13.9. The van der Waals surface area contributed by atoms with E-state index in [4.69, 9.17) is 11.6 Å². The van der Waals surface area contributed by atoms with Gasteiger partial charge in [-0.05, 0) is 38.0 Å². The van der Waals surface area contributed by atoms with E-state index in [-0.39, 0.29) is 5.54 Å². The van der Waals surface area contributed by atoms with Crippen LogP contribution >= 0.6 is 11.6 Å². The van der Waals surface area contributed by atoms with E-state index in [0.29, 0.717) is 11.4 Å². The van der Waals surface area contributed by atoms with Crippen molar-refractivity contribution in [3.63, 3.8) is 0 Å². The summed E-state index contributed by atoms with van der Waals surface area (Å²) in [6, 6.07) is 8.07. The third-order valence-corrected chi connectivity index (χ3v) is 3.78.